The number of halogens is 1. The van der Waals surface area contributed by atoms with E-state index in [-0.39, 0.29) is 28.2 Å². The van der Waals surface area contributed by atoms with Crippen LogP contribution in [0.4, 0.5) is 15.8 Å². The molecule has 30 heavy (non-hydrogen) atoms. The second kappa shape index (κ2) is 9.57. The summed E-state index contributed by atoms with van der Waals surface area (Å²) in [6, 6.07) is 8.01. The summed E-state index contributed by atoms with van der Waals surface area (Å²) in [5, 5.41) is 5.24. The first kappa shape index (κ1) is 23.1. The van der Waals surface area contributed by atoms with Crippen LogP contribution < -0.4 is 20.1 Å². The van der Waals surface area contributed by atoms with Crippen LogP contribution in [0, 0.1) is 11.7 Å². The molecule has 2 aromatic carbocycles. The van der Waals surface area contributed by atoms with E-state index in [2.05, 4.69) is 15.4 Å². The van der Waals surface area contributed by atoms with Gasteiger partial charge in [-0.2, -0.15) is 0 Å². The molecule has 0 unspecified atom stereocenters. The molecule has 0 aromatic heterocycles. The standard InChI is InChI=1S/C20H24FN3O5S/c1-12(2)19(22-13(3)25)20(26)23-15-7-10-18(29-4)17(11-15)24-30(27,28)16-8-5-14(21)6-9-16/h5-12,19,24H,1-4H3,(H,22,25)(H,23,26)/t19-/m0/s1. The number of sulfonamides is 1. The summed E-state index contributed by atoms with van der Waals surface area (Å²) in [7, 11) is -2.65. The van der Waals surface area contributed by atoms with Crippen LogP contribution >= 0.6 is 0 Å². The normalized spacial score (nSPS) is 12.2. The molecule has 10 heteroatoms. The number of rotatable bonds is 8. The van der Waals surface area contributed by atoms with Crippen molar-refractivity contribution in [3.05, 3.63) is 48.3 Å². The van der Waals surface area contributed by atoms with Gasteiger partial charge in [0.15, 0.2) is 0 Å². The lowest BCUT2D eigenvalue weighted by atomic mass is 10.0. The molecule has 2 amide bonds. The number of ether oxygens (including phenoxy) is 1. The molecule has 8 nitrogen and oxygen atoms in total. The molecular weight excluding hydrogens is 413 g/mol. The Balaban J connectivity index is 2.29. The number of benzene rings is 2. The second-order valence-corrected chi connectivity index (χ2v) is 8.57. The van der Waals surface area contributed by atoms with Crippen molar-refractivity contribution >= 4 is 33.2 Å². The highest BCUT2D eigenvalue weighted by atomic mass is 32.2. The summed E-state index contributed by atoms with van der Waals surface area (Å²) >= 11 is 0. The van der Waals surface area contributed by atoms with Crippen molar-refractivity contribution in [1.82, 2.24) is 5.32 Å². The van der Waals surface area contributed by atoms with E-state index in [1.807, 2.05) is 0 Å². The van der Waals surface area contributed by atoms with Gasteiger partial charge in [0.05, 0.1) is 17.7 Å². The Morgan fingerprint density at radius 2 is 1.70 bits per heavy atom. The lowest BCUT2D eigenvalue weighted by Gasteiger charge is -2.21. The zero-order valence-corrected chi connectivity index (χ0v) is 17.8. The predicted molar refractivity (Wildman–Crippen MR) is 111 cm³/mol. The number of hydrogen-bond acceptors (Lipinski definition) is 5. The fraction of sp³-hybridized carbons (Fsp3) is 0.300. The number of carbonyl (C=O) groups is 2. The van der Waals surface area contributed by atoms with Crippen molar-refractivity contribution in [3.63, 3.8) is 0 Å². The lowest BCUT2D eigenvalue weighted by molar-refractivity contribution is -0.126. The third-order valence-corrected chi connectivity index (χ3v) is 5.52. The van der Waals surface area contributed by atoms with Gasteiger partial charge < -0.3 is 15.4 Å². The van der Waals surface area contributed by atoms with E-state index in [1.165, 1.54) is 32.2 Å². The Morgan fingerprint density at radius 1 is 1.07 bits per heavy atom. The maximum Gasteiger partial charge on any atom is 0.262 e. The number of carbonyl (C=O) groups excluding carboxylic acids is 2. The molecule has 0 saturated heterocycles. The molecule has 0 bridgehead atoms. The zero-order valence-electron chi connectivity index (χ0n) is 17.0. The van der Waals surface area contributed by atoms with E-state index in [9.17, 15) is 22.4 Å². The molecule has 0 fully saturated rings. The molecule has 1 atom stereocenters. The molecule has 0 aliphatic rings. The number of anilines is 2. The van der Waals surface area contributed by atoms with Crippen LogP contribution in [0.1, 0.15) is 20.8 Å². The first-order valence-electron chi connectivity index (χ1n) is 9.08. The summed E-state index contributed by atoms with van der Waals surface area (Å²) < 4.78 is 45.9. The molecule has 3 N–H and O–H groups in total. The van der Waals surface area contributed by atoms with Crippen molar-refractivity contribution in [1.29, 1.82) is 0 Å². The number of hydrogen-bond donors (Lipinski definition) is 3. The Labute approximate surface area is 174 Å². The first-order valence-corrected chi connectivity index (χ1v) is 10.6. The molecule has 0 spiro atoms. The van der Waals surface area contributed by atoms with Gasteiger partial charge in [0.25, 0.3) is 10.0 Å². The summed E-state index contributed by atoms with van der Waals surface area (Å²) in [5.41, 5.74) is 0.383. The molecule has 0 radical (unpaired) electrons. The molecule has 0 aliphatic carbocycles. The average Bonchev–Trinajstić information content (AvgIpc) is 2.66. The third-order valence-electron chi connectivity index (χ3n) is 4.14. The van der Waals surface area contributed by atoms with Gasteiger partial charge in [-0.1, -0.05) is 13.8 Å². The highest BCUT2D eigenvalue weighted by Gasteiger charge is 2.24. The summed E-state index contributed by atoms with van der Waals surface area (Å²) in [6.45, 7) is 4.89. The first-order chi connectivity index (χ1) is 14.0. The fourth-order valence-electron chi connectivity index (χ4n) is 2.66. The average molecular weight is 437 g/mol. The van der Waals surface area contributed by atoms with Gasteiger partial charge in [0, 0.05) is 12.6 Å². The molecule has 2 rings (SSSR count). The van der Waals surface area contributed by atoms with Crippen LogP contribution in [0.25, 0.3) is 0 Å². The minimum atomic E-state index is -4.02. The minimum Gasteiger partial charge on any atom is -0.495 e. The third kappa shape index (κ3) is 5.93. The van der Waals surface area contributed by atoms with E-state index in [0.717, 1.165) is 24.3 Å². The van der Waals surface area contributed by atoms with Crippen molar-refractivity contribution in [2.24, 2.45) is 5.92 Å². The topological polar surface area (TPSA) is 114 Å². The Kier molecular flexibility index (Phi) is 7.38. The number of methoxy groups -OCH3 is 1. The zero-order chi connectivity index (χ0) is 22.5. The van der Waals surface area contributed by atoms with Crippen molar-refractivity contribution in [2.45, 2.75) is 31.7 Å². The van der Waals surface area contributed by atoms with Crippen molar-refractivity contribution < 1.29 is 27.1 Å². The summed E-state index contributed by atoms with van der Waals surface area (Å²) in [6.07, 6.45) is 0. The monoisotopic (exact) mass is 437 g/mol. The van der Waals surface area contributed by atoms with Gasteiger partial charge in [0.2, 0.25) is 11.8 Å². The van der Waals surface area contributed by atoms with E-state index in [1.54, 1.807) is 13.8 Å². The molecule has 0 saturated carbocycles. The van der Waals surface area contributed by atoms with Crippen LogP contribution in [0.15, 0.2) is 47.4 Å². The quantitative estimate of drug-likeness (QED) is 0.588. The highest BCUT2D eigenvalue weighted by molar-refractivity contribution is 7.92. The Morgan fingerprint density at radius 3 is 2.23 bits per heavy atom. The molecule has 0 aliphatic heterocycles. The van der Waals surface area contributed by atoms with Crippen molar-refractivity contribution in [2.75, 3.05) is 17.1 Å². The Bertz CT molecular complexity index is 1020. The van der Waals surface area contributed by atoms with Gasteiger partial charge in [-0.05, 0) is 48.4 Å². The molecular formula is C20H24FN3O5S. The van der Waals surface area contributed by atoms with E-state index < -0.39 is 27.8 Å². The van der Waals surface area contributed by atoms with Gasteiger partial charge in [-0.3, -0.25) is 14.3 Å². The fourth-order valence-corrected chi connectivity index (χ4v) is 3.72. The number of nitrogens with one attached hydrogen (secondary N) is 3. The van der Waals surface area contributed by atoms with E-state index >= 15 is 0 Å². The van der Waals surface area contributed by atoms with Crippen LogP contribution in [0.2, 0.25) is 0 Å². The highest BCUT2D eigenvalue weighted by Crippen LogP contribution is 2.30. The van der Waals surface area contributed by atoms with Crippen LogP contribution in [-0.2, 0) is 19.6 Å². The van der Waals surface area contributed by atoms with Gasteiger partial charge in [-0.15, -0.1) is 0 Å². The second-order valence-electron chi connectivity index (χ2n) is 6.89. The maximum atomic E-state index is 13.1. The van der Waals surface area contributed by atoms with Crippen LogP contribution in [0.3, 0.4) is 0 Å². The van der Waals surface area contributed by atoms with Crippen LogP contribution in [-0.4, -0.2) is 33.4 Å². The molecule has 162 valence electrons. The van der Waals surface area contributed by atoms with Crippen LogP contribution in [0.5, 0.6) is 5.75 Å². The molecule has 0 heterocycles. The summed E-state index contributed by atoms with van der Waals surface area (Å²) in [5.74, 6) is -1.29. The summed E-state index contributed by atoms with van der Waals surface area (Å²) in [4.78, 5) is 23.8. The SMILES string of the molecule is COc1ccc(NC(=O)[C@@H](NC(C)=O)C(C)C)cc1NS(=O)(=O)c1ccc(F)cc1. The van der Waals surface area contributed by atoms with E-state index in [4.69, 9.17) is 4.74 Å². The smallest absolute Gasteiger partial charge is 0.262 e. The van der Waals surface area contributed by atoms with Gasteiger partial charge >= 0.3 is 0 Å². The maximum absolute atomic E-state index is 13.1. The van der Waals surface area contributed by atoms with Gasteiger partial charge in [0.1, 0.15) is 17.6 Å². The van der Waals surface area contributed by atoms with Crippen molar-refractivity contribution in [3.8, 4) is 5.75 Å². The lowest BCUT2D eigenvalue weighted by Crippen LogP contribution is -2.46. The predicted octanol–water partition coefficient (Wildman–Crippen LogP) is 2.73. The van der Waals surface area contributed by atoms with E-state index in [0.29, 0.717) is 5.69 Å². The minimum absolute atomic E-state index is 0.0836. The molecule has 2 aromatic rings. The largest absolute Gasteiger partial charge is 0.495 e. The number of amides is 2. The Hall–Kier alpha value is -3.14. The van der Waals surface area contributed by atoms with Gasteiger partial charge in [-0.25, -0.2) is 12.8 Å².